The fourth-order valence-corrected chi connectivity index (χ4v) is 3.68. The fourth-order valence-electron chi connectivity index (χ4n) is 3.68. The molecule has 4 aromatic rings. The maximum absolute atomic E-state index is 14.4. The van der Waals surface area contributed by atoms with E-state index < -0.39 is 41.0 Å². The highest BCUT2D eigenvalue weighted by atomic mass is 19.1. The Labute approximate surface area is 219 Å². The highest BCUT2D eigenvalue weighted by Gasteiger charge is 2.25. The first-order valence-electron chi connectivity index (χ1n) is 11.3. The molecular formula is C25H21F2N7O5. The molecule has 0 aliphatic rings. The molecule has 0 spiro atoms. The second kappa shape index (κ2) is 10.9. The molecule has 200 valence electrons. The van der Waals surface area contributed by atoms with Crippen molar-refractivity contribution in [2.45, 2.75) is 12.6 Å². The third kappa shape index (κ3) is 5.64. The van der Waals surface area contributed by atoms with Crippen LogP contribution in [0.15, 0.2) is 54.7 Å². The van der Waals surface area contributed by atoms with Gasteiger partial charge in [-0.15, -0.1) is 0 Å². The zero-order valence-electron chi connectivity index (χ0n) is 20.3. The molecule has 12 nitrogen and oxygen atoms in total. The van der Waals surface area contributed by atoms with E-state index in [1.807, 2.05) is 0 Å². The zero-order chi connectivity index (χ0) is 28.3. The number of phenols is 1. The van der Waals surface area contributed by atoms with E-state index in [-0.39, 0.29) is 34.9 Å². The minimum atomic E-state index is -1.37. The van der Waals surface area contributed by atoms with Crippen molar-refractivity contribution >= 4 is 35.5 Å². The number of anilines is 1. The van der Waals surface area contributed by atoms with Gasteiger partial charge in [-0.1, -0.05) is 18.2 Å². The number of nitrogens with two attached hydrogens (primary N) is 1. The molecule has 0 radical (unpaired) electrons. The summed E-state index contributed by atoms with van der Waals surface area (Å²) < 4.78 is 28.6. The first-order chi connectivity index (χ1) is 18.6. The number of nitrogens with one attached hydrogen (secondary N) is 2. The van der Waals surface area contributed by atoms with E-state index >= 15 is 0 Å². The average Bonchev–Trinajstić information content (AvgIpc) is 3.30. The lowest BCUT2D eigenvalue weighted by molar-refractivity contribution is -0.120. The third-order valence-electron chi connectivity index (χ3n) is 5.69. The van der Waals surface area contributed by atoms with Crippen LogP contribution in [0.5, 0.6) is 5.75 Å². The first kappa shape index (κ1) is 26.7. The molecule has 0 fully saturated rings. The smallest absolute Gasteiger partial charge is 0.271 e. The van der Waals surface area contributed by atoms with Crippen LogP contribution in [-0.2, 0) is 16.1 Å². The van der Waals surface area contributed by atoms with E-state index in [4.69, 9.17) is 5.73 Å². The number of rotatable bonds is 9. The summed E-state index contributed by atoms with van der Waals surface area (Å²) in [5.41, 5.74) is 5.25. The molecule has 0 aliphatic carbocycles. The standard InChI is InChI=1S/C25H21F2N7O5/c1-33(12-35)18-8-13(2-7-20(18)36)10-29-24(38)17-9-19(34-23(31-17)16(27)11-30-34)25(39)32-21(22(28)37)14-3-5-15(26)6-4-14/h2-9,11-12,21,36H,10H2,1H3,(H2,28,37)(H,29,38)(H,32,39)/t21-/m1/s1. The molecule has 0 saturated carbocycles. The average molecular weight is 537 g/mol. The molecule has 1 atom stereocenters. The van der Waals surface area contributed by atoms with Crippen LogP contribution in [-0.4, -0.2) is 50.9 Å². The SMILES string of the molecule is CN(C=O)c1cc(CNC(=O)c2cc(C(=O)N[C@@H](C(N)=O)c3ccc(F)cc3)n3ncc(F)c3n2)ccc1O. The molecule has 5 N–H and O–H groups in total. The van der Waals surface area contributed by atoms with Gasteiger partial charge in [0.1, 0.15) is 29.0 Å². The molecule has 2 aromatic heterocycles. The summed E-state index contributed by atoms with van der Waals surface area (Å²) in [6.07, 6.45) is 1.30. The summed E-state index contributed by atoms with van der Waals surface area (Å²) in [5, 5.41) is 18.7. The maximum atomic E-state index is 14.4. The Balaban J connectivity index is 1.61. The molecule has 0 aliphatic heterocycles. The van der Waals surface area contributed by atoms with Crippen molar-refractivity contribution in [3.05, 3.63) is 88.9 Å². The zero-order valence-corrected chi connectivity index (χ0v) is 20.3. The molecule has 14 heteroatoms. The van der Waals surface area contributed by atoms with E-state index in [2.05, 4.69) is 20.7 Å². The summed E-state index contributed by atoms with van der Waals surface area (Å²) in [4.78, 5) is 54.2. The van der Waals surface area contributed by atoms with E-state index in [1.165, 1.54) is 37.4 Å². The number of fused-ring (bicyclic) bond motifs is 1. The number of halogens is 2. The van der Waals surface area contributed by atoms with Crippen LogP contribution in [0.2, 0.25) is 0 Å². The van der Waals surface area contributed by atoms with Crippen molar-refractivity contribution in [2.75, 3.05) is 11.9 Å². The Morgan fingerprint density at radius 3 is 2.51 bits per heavy atom. The molecule has 4 amide bonds. The van der Waals surface area contributed by atoms with E-state index in [0.29, 0.717) is 12.0 Å². The van der Waals surface area contributed by atoms with Gasteiger partial charge in [0.05, 0.1) is 11.9 Å². The Bertz CT molecular complexity index is 1590. The van der Waals surface area contributed by atoms with Gasteiger partial charge in [0.25, 0.3) is 11.8 Å². The molecule has 39 heavy (non-hydrogen) atoms. The number of aromatic hydroxyl groups is 1. The van der Waals surface area contributed by atoms with Gasteiger partial charge in [0.2, 0.25) is 12.3 Å². The highest BCUT2D eigenvalue weighted by Crippen LogP contribution is 2.26. The van der Waals surface area contributed by atoms with Crippen molar-refractivity contribution in [3.63, 3.8) is 0 Å². The van der Waals surface area contributed by atoms with Gasteiger partial charge in [0, 0.05) is 19.7 Å². The van der Waals surface area contributed by atoms with E-state index in [0.717, 1.165) is 33.8 Å². The topological polar surface area (TPSA) is 172 Å². The summed E-state index contributed by atoms with van der Waals surface area (Å²) in [6, 6.07) is 8.73. The number of carbonyl (C=O) groups is 4. The molecule has 2 aromatic carbocycles. The number of carbonyl (C=O) groups excluding carboxylic acids is 4. The molecule has 4 rings (SSSR count). The Morgan fingerprint density at radius 1 is 1.13 bits per heavy atom. The van der Waals surface area contributed by atoms with Crippen LogP contribution in [0.3, 0.4) is 0 Å². The van der Waals surface area contributed by atoms with Gasteiger partial charge in [-0.05, 0) is 35.4 Å². The number of primary amides is 1. The number of hydrogen-bond donors (Lipinski definition) is 4. The quantitative estimate of drug-likeness (QED) is 0.232. The number of aromatic nitrogens is 3. The van der Waals surface area contributed by atoms with Crippen LogP contribution < -0.4 is 21.3 Å². The van der Waals surface area contributed by atoms with Gasteiger partial charge < -0.3 is 26.4 Å². The van der Waals surface area contributed by atoms with E-state index in [1.54, 1.807) is 0 Å². The van der Waals surface area contributed by atoms with Gasteiger partial charge in [0.15, 0.2) is 11.5 Å². The number of nitrogens with zero attached hydrogens (tertiary/aromatic N) is 4. The Morgan fingerprint density at radius 2 is 1.85 bits per heavy atom. The summed E-state index contributed by atoms with van der Waals surface area (Å²) in [7, 11) is 1.44. The van der Waals surface area contributed by atoms with Crippen molar-refractivity contribution in [3.8, 4) is 5.75 Å². The lowest BCUT2D eigenvalue weighted by Gasteiger charge is -2.17. The lowest BCUT2D eigenvalue weighted by atomic mass is 10.1. The second-order valence-electron chi connectivity index (χ2n) is 8.34. The van der Waals surface area contributed by atoms with E-state index in [9.17, 15) is 33.1 Å². The van der Waals surface area contributed by atoms with Gasteiger partial charge >= 0.3 is 0 Å². The van der Waals surface area contributed by atoms with Crippen LogP contribution in [0.4, 0.5) is 14.5 Å². The minimum Gasteiger partial charge on any atom is -0.506 e. The van der Waals surface area contributed by atoms with Crippen LogP contribution in [0, 0.1) is 11.6 Å². The molecular weight excluding hydrogens is 516 g/mol. The highest BCUT2D eigenvalue weighted by molar-refractivity contribution is 6.00. The predicted molar refractivity (Wildman–Crippen MR) is 132 cm³/mol. The molecule has 0 bridgehead atoms. The lowest BCUT2D eigenvalue weighted by Crippen LogP contribution is -2.38. The molecule has 2 heterocycles. The minimum absolute atomic E-state index is 0.0662. The summed E-state index contributed by atoms with van der Waals surface area (Å²) in [6.45, 7) is -0.0662. The van der Waals surface area contributed by atoms with Crippen molar-refractivity contribution < 1.29 is 33.1 Å². The molecule has 0 unspecified atom stereocenters. The van der Waals surface area contributed by atoms with Crippen molar-refractivity contribution in [1.82, 2.24) is 25.2 Å². The maximum Gasteiger partial charge on any atom is 0.271 e. The number of phenolic OH excluding ortho intramolecular Hbond substituents is 1. The van der Waals surface area contributed by atoms with Crippen molar-refractivity contribution in [2.24, 2.45) is 5.73 Å². The normalized spacial score (nSPS) is 11.6. The Hall–Kier alpha value is -5.40. The first-order valence-corrected chi connectivity index (χ1v) is 11.3. The fraction of sp³-hybridized carbons (Fsp3) is 0.120. The summed E-state index contributed by atoms with van der Waals surface area (Å²) >= 11 is 0. The second-order valence-corrected chi connectivity index (χ2v) is 8.34. The number of benzene rings is 2. The van der Waals surface area contributed by atoms with Crippen molar-refractivity contribution in [1.29, 1.82) is 0 Å². The number of amides is 4. The van der Waals surface area contributed by atoms with Crippen LogP contribution >= 0.6 is 0 Å². The van der Waals surface area contributed by atoms with Gasteiger partial charge in [-0.25, -0.2) is 18.3 Å². The van der Waals surface area contributed by atoms with Crippen LogP contribution in [0.25, 0.3) is 5.65 Å². The largest absolute Gasteiger partial charge is 0.506 e. The van der Waals surface area contributed by atoms with Gasteiger partial charge in [-0.3, -0.25) is 19.2 Å². The summed E-state index contributed by atoms with van der Waals surface area (Å²) in [5.74, 6) is -4.29. The molecule has 0 saturated heterocycles. The van der Waals surface area contributed by atoms with Crippen LogP contribution in [0.1, 0.15) is 38.1 Å². The third-order valence-corrected chi connectivity index (χ3v) is 5.69. The number of hydrogen-bond acceptors (Lipinski definition) is 7. The predicted octanol–water partition coefficient (Wildman–Crippen LogP) is 1.19. The Kier molecular flexibility index (Phi) is 7.46. The van der Waals surface area contributed by atoms with Gasteiger partial charge in [-0.2, -0.15) is 5.10 Å². The monoisotopic (exact) mass is 537 g/mol.